The van der Waals surface area contributed by atoms with Crippen LogP contribution in [0.5, 0.6) is 0 Å². The Hall–Kier alpha value is -0.860. The van der Waals surface area contributed by atoms with Gasteiger partial charge in [-0.25, -0.2) is 0 Å². The highest BCUT2D eigenvalue weighted by Crippen LogP contribution is 2.21. The zero-order chi connectivity index (χ0) is 13.5. The van der Waals surface area contributed by atoms with Gasteiger partial charge < -0.3 is 10.6 Å². The van der Waals surface area contributed by atoms with Gasteiger partial charge in [0.15, 0.2) is 0 Å². The van der Waals surface area contributed by atoms with Crippen LogP contribution in [-0.2, 0) is 0 Å². The van der Waals surface area contributed by atoms with Crippen LogP contribution in [0.2, 0.25) is 0 Å². The number of rotatable bonds is 4. The van der Waals surface area contributed by atoms with Gasteiger partial charge in [-0.05, 0) is 37.4 Å². The summed E-state index contributed by atoms with van der Waals surface area (Å²) in [5, 5.41) is 0. The Labute approximate surface area is 118 Å². The van der Waals surface area contributed by atoms with E-state index in [0.29, 0.717) is 5.92 Å². The van der Waals surface area contributed by atoms with Gasteiger partial charge in [0.05, 0.1) is 0 Å². The highest BCUT2D eigenvalue weighted by molar-refractivity contribution is 5.19. The van der Waals surface area contributed by atoms with Crippen LogP contribution in [0.4, 0.5) is 0 Å². The first-order chi connectivity index (χ1) is 9.27. The summed E-state index contributed by atoms with van der Waals surface area (Å²) in [6, 6.07) is 10.7. The molecule has 0 amide bonds. The van der Waals surface area contributed by atoms with E-state index >= 15 is 0 Å². The number of hydrogen-bond acceptors (Lipinski definition) is 2. The van der Waals surface area contributed by atoms with E-state index < -0.39 is 0 Å². The lowest BCUT2D eigenvalue weighted by Gasteiger charge is -2.30. The minimum Gasteiger partial charge on any atom is -0.324 e. The van der Waals surface area contributed by atoms with Crippen molar-refractivity contribution in [1.29, 1.82) is 0 Å². The van der Waals surface area contributed by atoms with Crippen LogP contribution in [0.25, 0.3) is 0 Å². The molecule has 1 aromatic carbocycles. The standard InChI is InChI=1S/C17H28N2/c1-15(17(18)16-10-6-5-7-11-16)14-19-12-8-3-2-4-9-13-19/h5-7,10-11,15,17H,2-4,8-9,12-14,18H2,1H3. The molecule has 2 rings (SSSR count). The molecule has 2 nitrogen and oxygen atoms in total. The smallest absolute Gasteiger partial charge is 0.0333 e. The van der Waals surface area contributed by atoms with Crippen molar-refractivity contribution in [3.8, 4) is 0 Å². The van der Waals surface area contributed by atoms with Gasteiger partial charge in [-0.3, -0.25) is 0 Å². The monoisotopic (exact) mass is 260 g/mol. The average molecular weight is 260 g/mol. The molecular formula is C17H28N2. The summed E-state index contributed by atoms with van der Waals surface area (Å²) >= 11 is 0. The molecule has 1 saturated heterocycles. The SMILES string of the molecule is CC(CN1CCCCCCC1)C(N)c1ccccc1. The number of nitrogens with zero attached hydrogens (tertiary/aromatic N) is 1. The van der Waals surface area contributed by atoms with E-state index in [1.165, 1.54) is 50.8 Å². The first-order valence-electron chi connectivity index (χ1n) is 7.80. The Morgan fingerprint density at radius 3 is 2.21 bits per heavy atom. The topological polar surface area (TPSA) is 29.3 Å². The summed E-state index contributed by atoms with van der Waals surface area (Å²) in [5.74, 6) is 0.516. The molecule has 2 unspecified atom stereocenters. The molecule has 2 atom stereocenters. The summed E-state index contributed by atoms with van der Waals surface area (Å²) < 4.78 is 0. The fourth-order valence-electron chi connectivity index (χ4n) is 3.02. The van der Waals surface area contributed by atoms with Crippen molar-refractivity contribution in [2.24, 2.45) is 11.7 Å². The van der Waals surface area contributed by atoms with Crippen molar-refractivity contribution in [2.45, 2.75) is 45.1 Å². The van der Waals surface area contributed by atoms with Gasteiger partial charge in [0.1, 0.15) is 0 Å². The van der Waals surface area contributed by atoms with E-state index in [9.17, 15) is 0 Å². The second-order valence-electron chi connectivity index (χ2n) is 5.98. The average Bonchev–Trinajstić information content (AvgIpc) is 2.41. The molecule has 1 fully saturated rings. The van der Waals surface area contributed by atoms with Crippen molar-refractivity contribution in [1.82, 2.24) is 4.90 Å². The van der Waals surface area contributed by atoms with Crippen LogP contribution >= 0.6 is 0 Å². The van der Waals surface area contributed by atoms with Crippen molar-refractivity contribution >= 4 is 0 Å². The lowest BCUT2D eigenvalue weighted by atomic mass is 9.94. The maximum absolute atomic E-state index is 6.40. The number of likely N-dealkylation sites (tertiary alicyclic amines) is 1. The molecule has 1 aromatic rings. The van der Waals surface area contributed by atoms with Crippen LogP contribution in [0, 0.1) is 5.92 Å². The van der Waals surface area contributed by atoms with Gasteiger partial charge in [0.2, 0.25) is 0 Å². The van der Waals surface area contributed by atoms with Crippen LogP contribution in [0.3, 0.4) is 0 Å². The number of nitrogens with two attached hydrogens (primary N) is 1. The van der Waals surface area contributed by atoms with Crippen LogP contribution in [0.1, 0.15) is 50.6 Å². The second-order valence-corrected chi connectivity index (χ2v) is 5.98. The Bertz CT molecular complexity index is 342. The second kappa shape index (κ2) is 7.66. The van der Waals surface area contributed by atoms with E-state index in [-0.39, 0.29) is 6.04 Å². The molecule has 106 valence electrons. The lowest BCUT2D eigenvalue weighted by Crippen LogP contribution is -2.35. The van der Waals surface area contributed by atoms with Crippen LogP contribution in [-0.4, -0.2) is 24.5 Å². The highest BCUT2D eigenvalue weighted by atomic mass is 15.1. The molecule has 0 bridgehead atoms. The van der Waals surface area contributed by atoms with Gasteiger partial charge in [-0.2, -0.15) is 0 Å². The van der Waals surface area contributed by atoms with Gasteiger partial charge in [-0.1, -0.05) is 56.5 Å². The van der Waals surface area contributed by atoms with E-state index in [2.05, 4.69) is 42.2 Å². The molecule has 1 aliphatic heterocycles. The van der Waals surface area contributed by atoms with Crippen molar-refractivity contribution in [3.63, 3.8) is 0 Å². The van der Waals surface area contributed by atoms with Gasteiger partial charge >= 0.3 is 0 Å². The summed E-state index contributed by atoms with van der Waals surface area (Å²) in [6.45, 7) is 5.93. The fourth-order valence-corrected chi connectivity index (χ4v) is 3.02. The maximum atomic E-state index is 6.40. The molecule has 0 aromatic heterocycles. The van der Waals surface area contributed by atoms with Crippen LogP contribution < -0.4 is 5.73 Å². The molecule has 0 radical (unpaired) electrons. The predicted molar refractivity (Wildman–Crippen MR) is 82.1 cm³/mol. The Kier molecular flexibility index (Phi) is 5.87. The van der Waals surface area contributed by atoms with E-state index in [1.807, 2.05) is 0 Å². The molecule has 1 aliphatic rings. The number of benzene rings is 1. The third-order valence-corrected chi connectivity index (χ3v) is 4.29. The van der Waals surface area contributed by atoms with Crippen LogP contribution in [0.15, 0.2) is 30.3 Å². The van der Waals surface area contributed by atoms with Crippen molar-refractivity contribution in [3.05, 3.63) is 35.9 Å². The first kappa shape index (κ1) is 14.5. The predicted octanol–water partition coefficient (Wildman–Crippen LogP) is 3.59. The summed E-state index contributed by atoms with van der Waals surface area (Å²) in [7, 11) is 0. The lowest BCUT2D eigenvalue weighted by molar-refractivity contribution is 0.205. The quantitative estimate of drug-likeness (QED) is 0.896. The number of hydrogen-bond donors (Lipinski definition) is 1. The molecule has 19 heavy (non-hydrogen) atoms. The molecule has 2 N–H and O–H groups in total. The molecule has 0 spiro atoms. The normalized spacial score (nSPS) is 21.4. The zero-order valence-electron chi connectivity index (χ0n) is 12.2. The van der Waals surface area contributed by atoms with Gasteiger partial charge in [0.25, 0.3) is 0 Å². The van der Waals surface area contributed by atoms with E-state index in [0.717, 1.165) is 6.54 Å². The van der Waals surface area contributed by atoms with Crippen molar-refractivity contribution < 1.29 is 0 Å². The van der Waals surface area contributed by atoms with E-state index in [4.69, 9.17) is 5.73 Å². The third kappa shape index (κ3) is 4.63. The molecule has 2 heteroatoms. The molecular weight excluding hydrogens is 232 g/mol. The van der Waals surface area contributed by atoms with E-state index in [1.54, 1.807) is 0 Å². The Balaban J connectivity index is 1.86. The highest BCUT2D eigenvalue weighted by Gasteiger charge is 2.18. The zero-order valence-corrected chi connectivity index (χ0v) is 12.2. The van der Waals surface area contributed by atoms with Gasteiger partial charge in [0, 0.05) is 12.6 Å². The fraction of sp³-hybridized carbons (Fsp3) is 0.647. The molecule has 0 aliphatic carbocycles. The minimum atomic E-state index is 0.159. The first-order valence-corrected chi connectivity index (χ1v) is 7.80. The summed E-state index contributed by atoms with van der Waals surface area (Å²) in [6.07, 6.45) is 6.93. The van der Waals surface area contributed by atoms with Crippen molar-refractivity contribution in [2.75, 3.05) is 19.6 Å². The maximum Gasteiger partial charge on any atom is 0.0333 e. The summed E-state index contributed by atoms with van der Waals surface area (Å²) in [5.41, 5.74) is 7.66. The van der Waals surface area contributed by atoms with Gasteiger partial charge in [-0.15, -0.1) is 0 Å². The Morgan fingerprint density at radius 2 is 1.58 bits per heavy atom. The Morgan fingerprint density at radius 1 is 1.00 bits per heavy atom. The minimum absolute atomic E-state index is 0.159. The molecule has 1 heterocycles. The largest absolute Gasteiger partial charge is 0.324 e. The molecule has 0 saturated carbocycles. The summed E-state index contributed by atoms with van der Waals surface area (Å²) in [4.78, 5) is 2.62. The third-order valence-electron chi connectivity index (χ3n) is 4.29.